The number of nitrogens with one attached hydrogen (secondary N) is 1. The standard InChI is InChI=1S/C15H12F3N5O2.C10H8F3N3O3/c16-15(17,18)5-7-25-13-4-3-12-20-9-11(23(12)22-13)14(24)21-10-2-1-6-19-8-10;11-10(12,13)3-4-19-8-2-1-7-14-5-6(9(17)18)16(7)15-8/h1-4,6,8-9H,5,7H2,(H,21,24);1-2,5H,3-4H2,(H,17,18). The molecular weight excluding hydrogens is 606 g/mol. The first-order valence-corrected chi connectivity index (χ1v) is 12.3. The number of halogens is 6. The van der Waals surface area contributed by atoms with Gasteiger partial charge in [0, 0.05) is 18.3 Å². The zero-order chi connectivity index (χ0) is 31.9. The molecule has 1 amide bonds. The minimum atomic E-state index is -4.31. The molecule has 0 radical (unpaired) electrons. The van der Waals surface area contributed by atoms with Gasteiger partial charge in [-0.3, -0.25) is 9.78 Å². The Kier molecular flexibility index (Phi) is 9.44. The maximum Gasteiger partial charge on any atom is 0.392 e. The van der Waals surface area contributed by atoms with Crippen molar-refractivity contribution in [1.82, 2.24) is 34.2 Å². The van der Waals surface area contributed by atoms with Crippen LogP contribution in [0.3, 0.4) is 0 Å². The van der Waals surface area contributed by atoms with Crippen LogP contribution in [0.25, 0.3) is 11.3 Å². The number of alkyl halides is 6. The van der Waals surface area contributed by atoms with Gasteiger partial charge in [0.2, 0.25) is 11.8 Å². The second-order valence-electron chi connectivity index (χ2n) is 8.60. The number of anilines is 1. The molecule has 0 saturated carbocycles. The Morgan fingerprint density at radius 2 is 1.30 bits per heavy atom. The molecule has 5 aromatic heterocycles. The second kappa shape index (κ2) is 13.2. The fourth-order valence-corrected chi connectivity index (χ4v) is 3.34. The number of carboxylic acids is 1. The van der Waals surface area contributed by atoms with Gasteiger partial charge in [-0.1, -0.05) is 0 Å². The predicted octanol–water partition coefficient (Wildman–Crippen LogP) is 4.47. The molecular formula is C25H20F6N8O5. The monoisotopic (exact) mass is 626 g/mol. The molecule has 0 aromatic carbocycles. The van der Waals surface area contributed by atoms with Crippen molar-refractivity contribution >= 4 is 28.9 Å². The number of imidazole rings is 2. The summed E-state index contributed by atoms with van der Waals surface area (Å²) in [4.78, 5) is 34.9. The fourth-order valence-electron chi connectivity index (χ4n) is 3.34. The van der Waals surface area contributed by atoms with E-state index in [2.05, 4.69) is 30.5 Å². The molecule has 0 bridgehead atoms. The maximum atomic E-state index is 12.3. The van der Waals surface area contributed by atoms with Gasteiger partial charge in [0.25, 0.3) is 5.91 Å². The van der Waals surface area contributed by atoms with Gasteiger partial charge in [0.05, 0.1) is 50.3 Å². The number of aromatic nitrogens is 7. The highest BCUT2D eigenvalue weighted by atomic mass is 19.4. The van der Waals surface area contributed by atoms with Gasteiger partial charge in [-0.2, -0.15) is 26.3 Å². The average molecular weight is 626 g/mol. The number of nitrogens with zero attached hydrogens (tertiary/aromatic N) is 7. The Morgan fingerprint density at radius 3 is 1.77 bits per heavy atom. The minimum Gasteiger partial charge on any atom is -0.476 e. The van der Waals surface area contributed by atoms with E-state index in [1.807, 2.05) is 0 Å². The lowest BCUT2D eigenvalue weighted by Gasteiger charge is -2.08. The van der Waals surface area contributed by atoms with Crippen LogP contribution in [0.2, 0.25) is 0 Å². The van der Waals surface area contributed by atoms with E-state index in [-0.39, 0.29) is 28.8 Å². The first kappa shape index (κ1) is 31.4. The summed E-state index contributed by atoms with van der Waals surface area (Å²) in [6, 6.07) is 8.94. The highest BCUT2D eigenvalue weighted by Gasteiger charge is 2.28. The molecule has 2 N–H and O–H groups in total. The van der Waals surface area contributed by atoms with Crippen LogP contribution in [0, 0.1) is 0 Å². The van der Waals surface area contributed by atoms with Crippen LogP contribution in [0.15, 0.2) is 61.2 Å². The number of pyridine rings is 1. The molecule has 0 spiro atoms. The third-order valence-electron chi connectivity index (χ3n) is 5.32. The average Bonchev–Trinajstić information content (AvgIpc) is 3.57. The normalized spacial score (nSPS) is 11.6. The molecule has 44 heavy (non-hydrogen) atoms. The van der Waals surface area contributed by atoms with Crippen LogP contribution in [-0.2, 0) is 0 Å². The van der Waals surface area contributed by atoms with Crippen LogP contribution in [0.5, 0.6) is 11.8 Å². The smallest absolute Gasteiger partial charge is 0.392 e. The molecule has 19 heteroatoms. The van der Waals surface area contributed by atoms with Gasteiger partial charge in [-0.15, -0.1) is 10.2 Å². The summed E-state index contributed by atoms with van der Waals surface area (Å²) in [6.45, 7) is -1.15. The summed E-state index contributed by atoms with van der Waals surface area (Å²) in [7, 11) is 0. The summed E-state index contributed by atoms with van der Waals surface area (Å²) < 4.78 is 84.3. The molecule has 5 heterocycles. The summed E-state index contributed by atoms with van der Waals surface area (Å²) in [6.07, 6.45) is -5.37. The first-order chi connectivity index (χ1) is 20.8. The summed E-state index contributed by atoms with van der Waals surface area (Å²) in [5.41, 5.74) is 1.02. The third kappa shape index (κ3) is 8.76. The quantitative estimate of drug-likeness (QED) is 0.224. The van der Waals surface area contributed by atoms with E-state index in [0.717, 1.165) is 10.7 Å². The molecule has 5 aromatic rings. The highest BCUT2D eigenvalue weighted by molar-refractivity contribution is 6.03. The van der Waals surface area contributed by atoms with Crippen molar-refractivity contribution in [3.63, 3.8) is 0 Å². The molecule has 0 aliphatic heterocycles. The van der Waals surface area contributed by atoms with Gasteiger partial charge in [-0.05, 0) is 24.3 Å². The number of fused-ring (bicyclic) bond motifs is 2. The van der Waals surface area contributed by atoms with E-state index in [4.69, 9.17) is 14.6 Å². The highest BCUT2D eigenvalue weighted by Crippen LogP contribution is 2.21. The zero-order valence-corrected chi connectivity index (χ0v) is 22.1. The largest absolute Gasteiger partial charge is 0.476 e. The number of ether oxygens (including phenoxy) is 2. The van der Waals surface area contributed by atoms with Gasteiger partial charge in [-0.25, -0.2) is 23.8 Å². The van der Waals surface area contributed by atoms with E-state index in [1.54, 1.807) is 18.3 Å². The van der Waals surface area contributed by atoms with E-state index < -0.39 is 50.3 Å². The Hall–Kier alpha value is -5.49. The molecule has 0 fully saturated rings. The van der Waals surface area contributed by atoms with Crippen molar-refractivity contribution in [3.8, 4) is 11.8 Å². The Balaban J connectivity index is 0.000000209. The van der Waals surface area contributed by atoms with E-state index in [0.29, 0.717) is 11.3 Å². The molecule has 0 aliphatic carbocycles. The minimum absolute atomic E-state index is 0.0369. The lowest BCUT2D eigenvalue weighted by Crippen LogP contribution is -2.16. The molecule has 0 saturated heterocycles. The first-order valence-electron chi connectivity index (χ1n) is 12.3. The topological polar surface area (TPSA) is 158 Å². The van der Waals surface area contributed by atoms with Gasteiger partial charge in [0.1, 0.15) is 0 Å². The number of hydrogen-bond donors (Lipinski definition) is 2. The number of rotatable bonds is 9. The maximum absolute atomic E-state index is 12.3. The van der Waals surface area contributed by atoms with E-state index in [1.165, 1.54) is 41.2 Å². The molecule has 232 valence electrons. The van der Waals surface area contributed by atoms with Crippen LogP contribution in [0.4, 0.5) is 32.0 Å². The molecule has 13 nitrogen and oxygen atoms in total. The lowest BCUT2D eigenvalue weighted by atomic mass is 10.4. The van der Waals surface area contributed by atoms with Crippen molar-refractivity contribution in [2.75, 3.05) is 18.5 Å². The number of aromatic carboxylic acids is 1. The number of carbonyl (C=O) groups is 2. The van der Waals surface area contributed by atoms with E-state index >= 15 is 0 Å². The van der Waals surface area contributed by atoms with Gasteiger partial charge in [0.15, 0.2) is 22.7 Å². The van der Waals surface area contributed by atoms with Crippen molar-refractivity contribution in [2.24, 2.45) is 0 Å². The fraction of sp³-hybridized carbons (Fsp3) is 0.240. The van der Waals surface area contributed by atoms with E-state index in [9.17, 15) is 35.9 Å². The van der Waals surface area contributed by atoms with Crippen LogP contribution < -0.4 is 14.8 Å². The van der Waals surface area contributed by atoms with Crippen molar-refractivity contribution < 1.29 is 50.5 Å². The lowest BCUT2D eigenvalue weighted by molar-refractivity contribution is -0.140. The Morgan fingerprint density at radius 1 is 0.773 bits per heavy atom. The number of carbonyl (C=O) groups excluding carboxylic acids is 1. The second-order valence-corrected chi connectivity index (χ2v) is 8.60. The van der Waals surface area contributed by atoms with Crippen LogP contribution in [-0.4, -0.2) is 76.7 Å². The van der Waals surface area contributed by atoms with Crippen molar-refractivity contribution in [3.05, 3.63) is 72.6 Å². The number of amides is 1. The number of hydrogen-bond acceptors (Lipinski definition) is 9. The molecule has 0 aliphatic rings. The zero-order valence-electron chi connectivity index (χ0n) is 22.1. The predicted molar refractivity (Wildman–Crippen MR) is 137 cm³/mol. The Bertz CT molecular complexity index is 1740. The number of carboxylic acid groups (broad SMARTS) is 1. The van der Waals surface area contributed by atoms with Crippen LogP contribution >= 0.6 is 0 Å². The molecule has 5 rings (SSSR count). The summed E-state index contributed by atoms with van der Waals surface area (Å²) in [5.74, 6) is -1.87. The van der Waals surface area contributed by atoms with Gasteiger partial charge < -0.3 is 19.9 Å². The Labute approximate surface area is 242 Å². The SMILES string of the molecule is O=C(Nc1cccnc1)c1cnc2ccc(OCCC(F)(F)F)nn12.O=C(O)c1cnc2ccc(OCCC(F)(F)F)nn12. The van der Waals surface area contributed by atoms with Gasteiger partial charge >= 0.3 is 18.3 Å². The summed E-state index contributed by atoms with van der Waals surface area (Å²) >= 11 is 0. The third-order valence-corrected chi connectivity index (χ3v) is 5.32. The van der Waals surface area contributed by atoms with Crippen molar-refractivity contribution in [2.45, 2.75) is 25.2 Å². The van der Waals surface area contributed by atoms with Crippen LogP contribution in [0.1, 0.15) is 33.8 Å². The van der Waals surface area contributed by atoms with Crippen molar-refractivity contribution in [1.29, 1.82) is 0 Å². The summed E-state index contributed by atoms with van der Waals surface area (Å²) in [5, 5.41) is 19.2. The molecule has 0 atom stereocenters. The molecule has 0 unspecified atom stereocenters.